The maximum atomic E-state index is 14.1. The normalized spacial score (nSPS) is 11.5. The second-order valence-corrected chi connectivity index (χ2v) is 5.34. The largest absolute Gasteiger partial charge is 0.274 e. The topological polar surface area (TPSA) is 72.2 Å². The summed E-state index contributed by atoms with van der Waals surface area (Å²) >= 11 is 0. The van der Waals surface area contributed by atoms with Gasteiger partial charge in [-0.05, 0) is 24.3 Å². The van der Waals surface area contributed by atoms with Gasteiger partial charge in [-0.15, -0.1) is 0 Å². The highest BCUT2D eigenvalue weighted by molar-refractivity contribution is 6.02. The molecule has 0 saturated heterocycles. The van der Waals surface area contributed by atoms with E-state index in [0.29, 0.717) is 12.1 Å². The fourth-order valence-electron chi connectivity index (χ4n) is 2.22. The van der Waals surface area contributed by atoms with E-state index in [9.17, 15) is 22.4 Å². The van der Waals surface area contributed by atoms with Gasteiger partial charge < -0.3 is 0 Å². The Morgan fingerprint density at radius 1 is 1.00 bits per heavy atom. The van der Waals surface area contributed by atoms with Crippen LogP contribution >= 0.6 is 0 Å². The molecule has 6 nitrogen and oxygen atoms in total. The summed E-state index contributed by atoms with van der Waals surface area (Å²) in [5, 5.41) is 7.66. The monoisotopic (exact) mass is 377 g/mol. The molecule has 2 aromatic carbocycles. The highest BCUT2D eigenvalue weighted by Gasteiger charge is 2.15. The summed E-state index contributed by atoms with van der Waals surface area (Å²) in [4.78, 5) is 15.8. The minimum atomic E-state index is -1.08. The van der Waals surface area contributed by atoms with Crippen molar-refractivity contribution in [3.05, 3.63) is 83.4 Å². The lowest BCUT2D eigenvalue weighted by Crippen LogP contribution is -2.24. The molecule has 3 aromatic rings. The Balaban J connectivity index is 1.90. The summed E-state index contributed by atoms with van der Waals surface area (Å²) in [5.74, 6) is -4.57. The lowest BCUT2D eigenvalue weighted by Gasteiger charge is -2.09. The van der Waals surface area contributed by atoms with Gasteiger partial charge in [-0.2, -0.15) is 10.2 Å². The highest BCUT2D eigenvalue weighted by Crippen LogP contribution is 2.13. The number of aromatic nitrogens is 3. The summed E-state index contributed by atoms with van der Waals surface area (Å²) in [7, 11) is 0. The Hall–Kier alpha value is -3.56. The number of hydrazone groups is 1. The van der Waals surface area contributed by atoms with Crippen molar-refractivity contribution in [3.63, 3.8) is 0 Å². The van der Waals surface area contributed by atoms with Crippen molar-refractivity contribution >= 4 is 11.6 Å². The van der Waals surface area contributed by atoms with Crippen LogP contribution in [0.3, 0.4) is 0 Å². The van der Waals surface area contributed by atoms with Crippen molar-refractivity contribution in [2.75, 3.05) is 0 Å². The van der Waals surface area contributed by atoms with Gasteiger partial charge in [0.25, 0.3) is 5.91 Å². The molecule has 0 aliphatic carbocycles. The number of hydrogen-bond donors (Lipinski definition) is 1. The summed E-state index contributed by atoms with van der Waals surface area (Å²) in [6.45, 7) is -0.102. The van der Waals surface area contributed by atoms with Gasteiger partial charge in [-0.3, -0.25) is 4.79 Å². The molecule has 0 spiro atoms. The Morgan fingerprint density at radius 3 is 2.19 bits per heavy atom. The maximum Gasteiger partial charge on any atom is 0.274 e. The number of nitrogens with one attached hydrogen (secondary N) is 1. The van der Waals surface area contributed by atoms with E-state index < -0.39 is 34.7 Å². The van der Waals surface area contributed by atoms with Crippen LogP contribution in [0.15, 0.2) is 54.2 Å². The summed E-state index contributed by atoms with van der Waals surface area (Å²) < 4.78 is 55.2. The molecule has 0 saturated carbocycles. The lowest BCUT2D eigenvalue weighted by molar-refractivity contribution is 0.0950. The predicted molar refractivity (Wildman–Crippen MR) is 86.7 cm³/mol. The molecule has 3 rings (SSSR count). The van der Waals surface area contributed by atoms with E-state index in [4.69, 9.17) is 0 Å². The molecule has 0 fully saturated rings. The third kappa shape index (κ3) is 4.35. The molecule has 1 aromatic heterocycles. The summed E-state index contributed by atoms with van der Waals surface area (Å²) in [6, 6.07) is 5.24. The van der Waals surface area contributed by atoms with E-state index in [2.05, 4.69) is 20.6 Å². The van der Waals surface area contributed by atoms with Gasteiger partial charge in [-0.1, -0.05) is 0 Å². The van der Waals surface area contributed by atoms with Gasteiger partial charge in [0.15, 0.2) is 0 Å². The van der Waals surface area contributed by atoms with E-state index >= 15 is 0 Å². The first-order valence-electron chi connectivity index (χ1n) is 7.54. The van der Waals surface area contributed by atoms with Gasteiger partial charge in [0, 0.05) is 17.7 Å². The molecule has 1 N–H and O–H groups in total. The van der Waals surface area contributed by atoms with Crippen molar-refractivity contribution in [3.8, 4) is 0 Å². The van der Waals surface area contributed by atoms with Crippen LogP contribution in [0.5, 0.6) is 0 Å². The third-order valence-corrected chi connectivity index (χ3v) is 3.49. The van der Waals surface area contributed by atoms with Crippen LogP contribution < -0.4 is 5.43 Å². The van der Waals surface area contributed by atoms with E-state index in [0.717, 1.165) is 24.3 Å². The van der Waals surface area contributed by atoms with Crippen molar-refractivity contribution in [1.82, 2.24) is 20.2 Å². The second-order valence-electron chi connectivity index (χ2n) is 5.34. The molecule has 0 aliphatic rings. The zero-order valence-electron chi connectivity index (χ0n) is 13.5. The van der Waals surface area contributed by atoms with E-state index in [1.54, 1.807) is 0 Å². The van der Waals surface area contributed by atoms with E-state index in [-0.39, 0.29) is 17.8 Å². The van der Waals surface area contributed by atoms with Crippen LogP contribution in [0.25, 0.3) is 0 Å². The molecule has 1 heterocycles. The Morgan fingerprint density at radius 2 is 1.63 bits per heavy atom. The van der Waals surface area contributed by atoms with Crippen LogP contribution in [-0.2, 0) is 6.54 Å². The van der Waals surface area contributed by atoms with Gasteiger partial charge in [0.05, 0.1) is 17.8 Å². The van der Waals surface area contributed by atoms with Gasteiger partial charge in [0.1, 0.15) is 35.9 Å². The number of hydrogen-bond acceptors (Lipinski definition) is 4. The molecule has 27 heavy (non-hydrogen) atoms. The molecule has 0 atom stereocenters. The fourth-order valence-corrected chi connectivity index (χ4v) is 2.22. The number of halogens is 4. The fraction of sp³-hybridized carbons (Fsp3) is 0.0588. The zero-order chi connectivity index (χ0) is 19.4. The lowest BCUT2D eigenvalue weighted by atomic mass is 10.1. The maximum absolute atomic E-state index is 14.1. The van der Waals surface area contributed by atoms with Crippen molar-refractivity contribution in [2.45, 2.75) is 6.54 Å². The van der Waals surface area contributed by atoms with Gasteiger partial charge >= 0.3 is 0 Å². The standard InChI is InChI=1S/C17H11F4N5O/c18-10-1-3-12(14(20)5-10)16(7-26-9-22-8-23-26)24-25-17(27)13-4-2-11(19)6-15(13)21/h1-6,8-9H,7H2,(H,25,27). The van der Waals surface area contributed by atoms with Gasteiger partial charge in [-0.25, -0.2) is 32.7 Å². The van der Waals surface area contributed by atoms with Crippen LogP contribution in [0.4, 0.5) is 17.6 Å². The average molecular weight is 377 g/mol. The third-order valence-electron chi connectivity index (χ3n) is 3.49. The molecule has 138 valence electrons. The van der Waals surface area contributed by atoms with Crippen LogP contribution in [0.1, 0.15) is 15.9 Å². The first kappa shape index (κ1) is 18.2. The van der Waals surface area contributed by atoms with E-state index in [1.165, 1.54) is 17.3 Å². The number of nitrogens with zero attached hydrogens (tertiary/aromatic N) is 4. The molecule has 10 heteroatoms. The zero-order valence-corrected chi connectivity index (χ0v) is 13.5. The molecule has 0 radical (unpaired) electrons. The summed E-state index contributed by atoms with van der Waals surface area (Å²) in [5.41, 5.74) is 1.52. The Kier molecular flexibility index (Phi) is 5.25. The van der Waals surface area contributed by atoms with Crippen molar-refractivity contribution in [1.29, 1.82) is 0 Å². The number of rotatable bonds is 5. The smallest absolute Gasteiger partial charge is 0.267 e. The first-order chi connectivity index (χ1) is 12.9. The van der Waals surface area contributed by atoms with Gasteiger partial charge in [0.2, 0.25) is 0 Å². The van der Waals surface area contributed by atoms with Crippen LogP contribution in [-0.4, -0.2) is 26.4 Å². The molecule has 1 amide bonds. The SMILES string of the molecule is O=C(NN=C(Cn1cncn1)c1ccc(F)cc1F)c1ccc(F)cc1F. The molecule has 0 bridgehead atoms. The van der Waals surface area contributed by atoms with Crippen LogP contribution in [0, 0.1) is 23.3 Å². The predicted octanol–water partition coefficient (Wildman–Crippen LogP) is 2.67. The molecular formula is C17H11F4N5O. The summed E-state index contributed by atoms with van der Waals surface area (Å²) in [6.07, 6.45) is 2.57. The number of amides is 1. The van der Waals surface area contributed by atoms with Crippen LogP contribution in [0.2, 0.25) is 0 Å². The van der Waals surface area contributed by atoms with E-state index in [1.807, 2.05) is 0 Å². The Labute approximate surface area is 150 Å². The van der Waals surface area contributed by atoms with Crippen molar-refractivity contribution < 1.29 is 22.4 Å². The van der Waals surface area contributed by atoms with Crippen molar-refractivity contribution in [2.24, 2.45) is 5.10 Å². The molecule has 0 unspecified atom stereocenters. The molecular weight excluding hydrogens is 366 g/mol. The minimum Gasteiger partial charge on any atom is -0.267 e. The second kappa shape index (κ2) is 7.77. The first-order valence-corrected chi connectivity index (χ1v) is 7.54. The molecule has 0 aliphatic heterocycles. The number of carbonyl (C=O) groups excluding carboxylic acids is 1. The number of carbonyl (C=O) groups is 1. The highest BCUT2D eigenvalue weighted by atomic mass is 19.1. The average Bonchev–Trinajstić information content (AvgIpc) is 3.12. The quantitative estimate of drug-likeness (QED) is 0.422. The number of benzene rings is 2. The minimum absolute atomic E-state index is 0.0196. The Bertz CT molecular complexity index is 1000.